The SMILES string of the molecule is O=C(Nc1ccc(Cl)cc1Cl)[C@H](Cc1ccccc1)N1C(=O)c2ccccc2C1=O. The van der Waals surface area contributed by atoms with Gasteiger partial charge in [-0.1, -0.05) is 65.7 Å². The molecule has 0 aromatic heterocycles. The summed E-state index contributed by atoms with van der Waals surface area (Å²) in [6, 6.07) is 19.4. The average molecular weight is 439 g/mol. The zero-order valence-corrected chi connectivity index (χ0v) is 17.2. The zero-order valence-electron chi connectivity index (χ0n) is 15.6. The van der Waals surface area contributed by atoms with Crippen LogP contribution in [0.4, 0.5) is 5.69 Å². The van der Waals surface area contributed by atoms with E-state index in [1.54, 1.807) is 36.4 Å². The van der Waals surface area contributed by atoms with Gasteiger partial charge < -0.3 is 5.32 Å². The smallest absolute Gasteiger partial charge is 0.262 e. The van der Waals surface area contributed by atoms with Crippen molar-refractivity contribution in [2.45, 2.75) is 12.5 Å². The normalized spacial score (nSPS) is 13.9. The summed E-state index contributed by atoms with van der Waals surface area (Å²) < 4.78 is 0. The van der Waals surface area contributed by atoms with E-state index in [1.165, 1.54) is 6.07 Å². The molecule has 1 heterocycles. The molecule has 150 valence electrons. The molecule has 3 amide bonds. The molecule has 0 saturated heterocycles. The Morgan fingerprint density at radius 3 is 2.07 bits per heavy atom. The van der Waals surface area contributed by atoms with Crippen LogP contribution in [0.25, 0.3) is 0 Å². The number of nitrogens with one attached hydrogen (secondary N) is 1. The van der Waals surface area contributed by atoms with Gasteiger partial charge in [-0.25, -0.2) is 0 Å². The van der Waals surface area contributed by atoms with E-state index in [2.05, 4.69) is 5.32 Å². The lowest BCUT2D eigenvalue weighted by Gasteiger charge is -2.25. The second-order valence-electron chi connectivity index (χ2n) is 6.84. The van der Waals surface area contributed by atoms with Crippen LogP contribution in [0.15, 0.2) is 72.8 Å². The molecular formula is C23H16Cl2N2O3. The molecule has 0 bridgehead atoms. The second-order valence-corrected chi connectivity index (χ2v) is 7.69. The van der Waals surface area contributed by atoms with E-state index in [-0.39, 0.29) is 22.6 Å². The number of nitrogens with zero attached hydrogens (tertiary/aromatic N) is 1. The van der Waals surface area contributed by atoms with Crippen LogP contribution in [0.5, 0.6) is 0 Å². The molecule has 3 aromatic rings. The van der Waals surface area contributed by atoms with E-state index >= 15 is 0 Å². The fourth-order valence-corrected chi connectivity index (χ4v) is 3.89. The Balaban J connectivity index is 1.69. The number of hydrogen-bond donors (Lipinski definition) is 1. The third kappa shape index (κ3) is 3.82. The maximum absolute atomic E-state index is 13.2. The predicted molar refractivity (Wildman–Crippen MR) is 116 cm³/mol. The van der Waals surface area contributed by atoms with Gasteiger partial charge in [0.1, 0.15) is 6.04 Å². The summed E-state index contributed by atoms with van der Waals surface area (Å²) in [5.41, 5.74) is 1.74. The van der Waals surface area contributed by atoms with Crippen molar-refractivity contribution < 1.29 is 14.4 Å². The lowest BCUT2D eigenvalue weighted by atomic mass is 10.0. The number of hydrogen-bond acceptors (Lipinski definition) is 3. The highest BCUT2D eigenvalue weighted by Gasteiger charge is 2.42. The van der Waals surface area contributed by atoms with E-state index in [0.29, 0.717) is 10.7 Å². The molecule has 0 unspecified atom stereocenters. The first-order chi connectivity index (χ1) is 14.5. The van der Waals surface area contributed by atoms with Gasteiger partial charge in [-0.05, 0) is 35.9 Å². The number of rotatable bonds is 5. The monoisotopic (exact) mass is 438 g/mol. The van der Waals surface area contributed by atoms with Crippen LogP contribution in [0.1, 0.15) is 26.3 Å². The number of imide groups is 1. The highest BCUT2D eigenvalue weighted by Crippen LogP contribution is 2.29. The molecule has 0 aliphatic carbocycles. The van der Waals surface area contributed by atoms with Crippen molar-refractivity contribution in [1.82, 2.24) is 4.90 Å². The number of benzene rings is 3. The Morgan fingerprint density at radius 2 is 1.47 bits per heavy atom. The van der Waals surface area contributed by atoms with Gasteiger partial charge in [-0.2, -0.15) is 0 Å². The fraction of sp³-hybridized carbons (Fsp3) is 0.0870. The maximum atomic E-state index is 13.2. The molecule has 3 aromatic carbocycles. The molecule has 30 heavy (non-hydrogen) atoms. The van der Waals surface area contributed by atoms with Crippen molar-refractivity contribution in [3.8, 4) is 0 Å². The van der Waals surface area contributed by atoms with E-state index in [0.717, 1.165) is 10.5 Å². The maximum Gasteiger partial charge on any atom is 0.262 e. The molecule has 5 nitrogen and oxygen atoms in total. The average Bonchev–Trinajstić information content (AvgIpc) is 3.00. The summed E-state index contributed by atoms with van der Waals surface area (Å²) in [7, 11) is 0. The molecule has 0 radical (unpaired) electrons. The topological polar surface area (TPSA) is 66.5 Å². The molecule has 0 saturated carbocycles. The Morgan fingerprint density at radius 1 is 0.867 bits per heavy atom. The number of amides is 3. The van der Waals surface area contributed by atoms with Crippen molar-refractivity contribution in [3.63, 3.8) is 0 Å². The van der Waals surface area contributed by atoms with Gasteiger partial charge >= 0.3 is 0 Å². The highest BCUT2D eigenvalue weighted by molar-refractivity contribution is 6.36. The van der Waals surface area contributed by atoms with Crippen molar-refractivity contribution in [1.29, 1.82) is 0 Å². The minimum atomic E-state index is -1.05. The molecule has 1 aliphatic rings. The summed E-state index contributed by atoms with van der Waals surface area (Å²) >= 11 is 12.1. The summed E-state index contributed by atoms with van der Waals surface area (Å²) in [6.07, 6.45) is 0.170. The van der Waals surface area contributed by atoms with Crippen LogP contribution < -0.4 is 5.32 Å². The van der Waals surface area contributed by atoms with Crippen LogP contribution in [0, 0.1) is 0 Å². The van der Waals surface area contributed by atoms with Crippen molar-refractivity contribution in [2.24, 2.45) is 0 Å². The largest absolute Gasteiger partial charge is 0.323 e. The van der Waals surface area contributed by atoms with Gasteiger partial charge in [0, 0.05) is 11.4 Å². The number of anilines is 1. The zero-order chi connectivity index (χ0) is 21.3. The predicted octanol–water partition coefficient (Wildman–Crippen LogP) is 4.84. The van der Waals surface area contributed by atoms with Gasteiger partial charge in [0.15, 0.2) is 0 Å². The fourth-order valence-electron chi connectivity index (χ4n) is 3.44. The second kappa shape index (κ2) is 8.30. The van der Waals surface area contributed by atoms with Gasteiger partial charge in [0.2, 0.25) is 5.91 Å². The number of fused-ring (bicyclic) bond motifs is 1. The molecule has 0 fully saturated rings. The summed E-state index contributed by atoms with van der Waals surface area (Å²) in [4.78, 5) is 40.2. The van der Waals surface area contributed by atoms with Crippen LogP contribution in [0.3, 0.4) is 0 Å². The van der Waals surface area contributed by atoms with E-state index < -0.39 is 23.8 Å². The standard InChI is InChI=1S/C23H16Cl2N2O3/c24-15-10-11-19(18(25)13-15)26-21(28)20(12-14-6-2-1-3-7-14)27-22(29)16-8-4-5-9-17(16)23(27)30/h1-11,13,20H,12H2,(H,26,28)/t20-/m0/s1. The third-order valence-corrected chi connectivity index (χ3v) is 5.45. The highest BCUT2D eigenvalue weighted by atomic mass is 35.5. The third-order valence-electron chi connectivity index (χ3n) is 4.90. The molecule has 1 aliphatic heterocycles. The summed E-state index contributed by atoms with van der Waals surface area (Å²) in [6.45, 7) is 0. The first-order valence-corrected chi connectivity index (χ1v) is 9.98. The molecule has 4 rings (SSSR count). The van der Waals surface area contributed by atoms with Crippen LogP contribution in [0.2, 0.25) is 10.0 Å². The number of carbonyl (C=O) groups excluding carboxylic acids is 3. The van der Waals surface area contributed by atoms with Crippen molar-refractivity contribution in [3.05, 3.63) is 99.5 Å². The molecule has 0 spiro atoms. The molecule has 1 N–H and O–H groups in total. The van der Waals surface area contributed by atoms with E-state index in [4.69, 9.17) is 23.2 Å². The minimum absolute atomic E-state index is 0.170. The van der Waals surface area contributed by atoms with Crippen LogP contribution in [-0.2, 0) is 11.2 Å². The number of carbonyl (C=O) groups is 3. The van der Waals surface area contributed by atoms with Crippen molar-refractivity contribution in [2.75, 3.05) is 5.32 Å². The Kier molecular flexibility index (Phi) is 5.57. The molecular weight excluding hydrogens is 423 g/mol. The Bertz CT molecular complexity index is 1110. The van der Waals surface area contributed by atoms with E-state index in [1.807, 2.05) is 30.3 Å². The van der Waals surface area contributed by atoms with Gasteiger partial charge in [0.05, 0.1) is 21.8 Å². The lowest BCUT2D eigenvalue weighted by molar-refractivity contribution is -0.119. The molecule has 7 heteroatoms. The first-order valence-electron chi connectivity index (χ1n) is 9.22. The minimum Gasteiger partial charge on any atom is -0.323 e. The van der Waals surface area contributed by atoms with Gasteiger partial charge in [-0.15, -0.1) is 0 Å². The van der Waals surface area contributed by atoms with Gasteiger partial charge in [0.25, 0.3) is 11.8 Å². The molecule has 1 atom stereocenters. The summed E-state index contributed by atoms with van der Waals surface area (Å²) in [5.74, 6) is -1.50. The summed E-state index contributed by atoms with van der Waals surface area (Å²) in [5, 5.41) is 3.42. The Hall–Kier alpha value is -3.15. The van der Waals surface area contributed by atoms with Crippen LogP contribution >= 0.6 is 23.2 Å². The number of halogens is 2. The van der Waals surface area contributed by atoms with E-state index in [9.17, 15) is 14.4 Å². The van der Waals surface area contributed by atoms with Crippen molar-refractivity contribution >= 4 is 46.6 Å². The lowest BCUT2D eigenvalue weighted by Crippen LogP contribution is -2.48. The first kappa shape index (κ1) is 20.1. The Labute approximate surface area is 183 Å². The van der Waals surface area contributed by atoms with Gasteiger partial charge in [-0.3, -0.25) is 19.3 Å². The van der Waals surface area contributed by atoms with Crippen LogP contribution in [-0.4, -0.2) is 28.7 Å². The quantitative estimate of drug-likeness (QED) is 0.579.